The summed E-state index contributed by atoms with van der Waals surface area (Å²) in [4.78, 5) is 0. The Labute approximate surface area is 125 Å². The van der Waals surface area contributed by atoms with Crippen LogP contribution in [0.1, 0.15) is 19.0 Å². The van der Waals surface area contributed by atoms with Gasteiger partial charge in [-0.2, -0.15) is 5.10 Å². The lowest BCUT2D eigenvalue weighted by molar-refractivity contribution is 0.355. The van der Waals surface area contributed by atoms with Gasteiger partial charge < -0.3 is 14.8 Å². The molecule has 5 nitrogen and oxygen atoms in total. The molecule has 112 valence electrons. The average Bonchev–Trinajstić information content (AvgIpc) is 2.53. The zero-order chi connectivity index (χ0) is 15.2. The molecule has 0 radical (unpaired) electrons. The number of aromatic nitrogens is 2. The van der Waals surface area contributed by atoms with Crippen molar-refractivity contribution in [3.8, 4) is 22.6 Å². The maximum absolute atomic E-state index is 5.36. The van der Waals surface area contributed by atoms with E-state index in [-0.39, 0.29) is 0 Å². The topological polar surface area (TPSA) is 56.3 Å². The molecule has 0 aliphatic heterocycles. The van der Waals surface area contributed by atoms with Gasteiger partial charge in [0.15, 0.2) is 11.5 Å². The summed E-state index contributed by atoms with van der Waals surface area (Å²) in [6, 6.07) is 7.85. The highest BCUT2D eigenvalue weighted by Gasteiger charge is 2.10. The lowest BCUT2D eigenvalue weighted by Gasteiger charge is -2.12. The molecule has 0 saturated heterocycles. The molecule has 21 heavy (non-hydrogen) atoms. The number of rotatable bonds is 6. The van der Waals surface area contributed by atoms with E-state index in [1.807, 2.05) is 31.2 Å². The van der Waals surface area contributed by atoms with Crippen LogP contribution in [0.4, 0.5) is 5.82 Å². The minimum Gasteiger partial charge on any atom is -0.493 e. The van der Waals surface area contributed by atoms with E-state index in [4.69, 9.17) is 9.47 Å². The molecular formula is C16H21N3O2. The highest BCUT2D eigenvalue weighted by Crippen LogP contribution is 2.33. The summed E-state index contributed by atoms with van der Waals surface area (Å²) in [6.45, 7) is 4.94. The fourth-order valence-electron chi connectivity index (χ4n) is 2.09. The van der Waals surface area contributed by atoms with Gasteiger partial charge in [-0.1, -0.05) is 13.0 Å². The molecular weight excluding hydrogens is 266 g/mol. The Kier molecular flexibility index (Phi) is 4.98. The first-order valence-electron chi connectivity index (χ1n) is 7.00. The van der Waals surface area contributed by atoms with E-state index in [2.05, 4.69) is 22.4 Å². The Morgan fingerprint density at radius 3 is 2.48 bits per heavy atom. The number of hydrogen-bond acceptors (Lipinski definition) is 5. The van der Waals surface area contributed by atoms with Crippen LogP contribution < -0.4 is 14.8 Å². The van der Waals surface area contributed by atoms with E-state index >= 15 is 0 Å². The molecule has 0 unspecified atom stereocenters. The SMILES string of the molecule is CCCNc1cc(-c2ccc(OC)c(OC)c2)c(C)nn1. The maximum Gasteiger partial charge on any atom is 0.161 e. The number of ether oxygens (including phenoxy) is 2. The maximum atomic E-state index is 5.36. The second-order valence-corrected chi connectivity index (χ2v) is 4.73. The molecule has 0 aliphatic rings. The van der Waals surface area contributed by atoms with E-state index in [1.54, 1.807) is 14.2 Å². The Morgan fingerprint density at radius 2 is 1.81 bits per heavy atom. The lowest BCUT2D eigenvalue weighted by Crippen LogP contribution is -2.04. The Hall–Kier alpha value is -2.30. The van der Waals surface area contributed by atoms with Crippen LogP contribution in [0.2, 0.25) is 0 Å². The van der Waals surface area contributed by atoms with Crippen LogP contribution in [-0.4, -0.2) is 31.0 Å². The minimum atomic E-state index is 0.703. The van der Waals surface area contributed by atoms with Gasteiger partial charge in [0.25, 0.3) is 0 Å². The molecule has 0 fully saturated rings. The molecule has 0 spiro atoms. The van der Waals surface area contributed by atoms with Gasteiger partial charge in [0.1, 0.15) is 5.82 Å². The van der Waals surface area contributed by atoms with Crippen LogP contribution in [0.3, 0.4) is 0 Å². The summed E-state index contributed by atoms with van der Waals surface area (Å²) in [5, 5.41) is 11.6. The molecule has 0 bridgehead atoms. The van der Waals surface area contributed by atoms with Gasteiger partial charge in [-0.3, -0.25) is 0 Å². The summed E-state index contributed by atoms with van der Waals surface area (Å²) in [6.07, 6.45) is 1.04. The third kappa shape index (κ3) is 3.42. The van der Waals surface area contributed by atoms with Crippen LogP contribution in [0.15, 0.2) is 24.3 Å². The number of methoxy groups -OCH3 is 2. The molecule has 0 atom stereocenters. The molecule has 1 N–H and O–H groups in total. The number of anilines is 1. The average molecular weight is 287 g/mol. The standard InChI is InChI=1S/C16H21N3O2/c1-5-8-17-16-10-13(11(2)18-19-16)12-6-7-14(20-3)15(9-12)21-4/h6-7,9-10H,5,8H2,1-4H3,(H,17,19). The van der Waals surface area contributed by atoms with Gasteiger partial charge in [0, 0.05) is 12.1 Å². The van der Waals surface area contributed by atoms with E-state index in [1.165, 1.54) is 0 Å². The summed E-state index contributed by atoms with van der Waals surface area (Å²) < 4.78 is 10.6. The van der Waals surface area contributed by atoms with Gasteiger partial charge in [-0.25, -0.2) is 0 Å². The third-order valence-electron chi connectivity index (χ3n) is 3.23. The summed E-state index contributed by atoms with van der Waals surface area (Å²) in [5.74, 6) is 2.20. The number of aryl methyl sites for hydroxylation is 1. The molecule has 2 rings (SSSR count). The Balaban J connectivity index is 2.40. The van der Waals surface area contributed by atoms with Crippen molar-refractivity contribution in [3.05, 3.63) is 30.0 Å². The fraction of sp³-hybridized carbons (Fsp3) is 0.375. The molecule has 2 aromatic rings. The van der Waals surface area contributed by atoms with Crippen molar-refractivity contribution in [1.82, 2.24) is 10.2 Å². The van der Waals surface area contributed by atoms with Crippen LogP contribution in [0, 0.1) is 6.92 Å². The van der Waals surface area contributed by atoms with Gasteiger partial charge in [0.2, 0.25) is 0 Å². The normalized spacial score (nSPS) is 10.3. The lowest BCUT2D eigenvalue weighted by atomic mass is 10.0. The first kappa shape index (κ1) is 15.1. The van der Waals surface area contributed by atoms with Gasteiger partial charge >= 0.3 is 0 Å². The summed E-state index contributed by atoms with van der Waals surface area (Å²) >= 11 is 0. The highest BCUT2D eigenvalue weighted by molar-refractivity contribution is 5.71. The van der Waals surface area contributed by atoms with Crippen molar-refractivity contribution in [1.29, 1.82) is 0 Å². The zero-order valence-corrected chi connectivity index (χ0v) is 12.9. The van der Waals surface area contributed by atoms with E-state index in [9.17, 15) is 0 Å². The third-order valence-corrected chi connectivity index (χ3v) is 3.23. The van der Waals surface area contributed by atoms with Gasteiger partial charge in [0.05, 0.1) is 19.9 Å². The van der Waals surface area contributed by atoms with Gasteiger partial charge in [-0.05, 0) is 37.1 Å². The van der Waals surface area contributed by atoms with Crippen molar-refractivity contribution in [2.75, 3.05) is 26.1 Å². The predicted octanol–water partition coefficient (Wildman–Crippen LogP) is 3.29. The number of hydrogen-bond donors (Lipinski definition) is 1. The second kappa shape index (κ2) is 6.92. The van der Waals surface area contributed by atoms with Crippen molar-refractivity contribution in [2.24, 2.45) is 0 Å². The molecule has 0 amide bonds. The Bertz CT molecular complexity index is 614. The van der Waals surface area contributed by atoms with Crippen LogP contribution in [-0.2, 0) is 0 Å². The second-order valence-electron chi connectivity index (χ2n) is 4.73. The Morgan fingerprint density at radius 1 is 1.05 bits per heavy atom. The quantitative estimate of drug-likeness (QED) is 0.883. The first-order valence-corrected chi connectivity index (χ1v) is 7.00. The first-order chi connectivity index (χ1) is 10.2. The summed E-state index contributed by atoms with van der Waals surface area (Å²) in [5.41, 5.74) is 2.94. The number of nitrogens with one attached hydrogen (secondary N) is 1. The minimum absolute atomic E-state index is 0.703. The molecule has 1 heterocycles. The van der Waals surface area contributed by atoms with Gasteiger partial charge in [-0.15, -0.1) is 5.10 Å². The highest BCUT2D eigenvalue weighted by atomic mass is 16.5. The predicted molar refractivity (Wildman–Crippen MR) is 84.1 cm³/mol. The van der Waals surface area contributed by atoms with E-state index < -0.39 is 0 Å². The fourth-order valence-corrected chi connectivity index (χ4v) is 2.09. The molecule has 0 aliphatic carbocycles. The van der Waals surface area contributed by atoms with Crippen molar-refractivity contribution in [3.63, 3.8) is 0 Å². The molecule has 1 aromatic heterocycles. The molecule has 0 saturated carbocycles. The van der Waals surface area contributed by atoms with Crippen molar-refractivity contribution >= 4 is 5.82 Å². The largest absolute Gasteiger partial charge is 0.493 e. The monoisotopic (exact) mass is 287 g/mol. The van der Waals surface area contributed by atoms with Crippen LogP contribution in [0.5, 0.6) is 11.5 Å². The number of benzene rings is 1. The molecule has 5 heteroatoms. The van der Waals surface area contributed by atoms with Crippen LogP contribution in [0.25, 0.3) is 11.1 Å². The van der Waals surface area contributed by atoms with E-state index in [0.717, 1.165) is 35.6 Å². The van der Waals surface area contributed by atoms with Crippen LogP contribution >= 0.6 is 0 Å². The van der Waals surface area contributed by atoms with Crippen molar-refractivity contribution < 1.29 is 9.47 Å². The van der Waals surface area contributed by atoms with Crippen molar-refractivity contribution in [2.45, 2.75) is 20.3 Å². The zero-order valence-electron chi connectivity index (χ0n) is 12.9. The molecule has 1 aromatic carbocycles. The number of nitrogens with zero attached hydrogens (tertiary/aromatic N) is 2. The van der Waals surface area contributed by atoms with E-state index in [0.29, 0.717) is 11.5 Å². The smallest absolute Gasteiger partial charge is 0.161 e. The summed E-state index contributed by atoms with van der Waals surface area (Å²) in [7, 11) is 3.26.